The summed E-state index contributed by atoms with van der Waals surface area (Å²) in [5.74, 6) is -0.0569. The van der Waals surface area contributed by atoms with Crippen LogP contribution in [-0.2, 0) is 12.7 Å². The fourth-order valence-electron chi connectivity index (χ4n) is 4.04. The lowest BCUT2D eigenvalue weighted by Crippen LogP contribution is -2.24. The van der Waals surface area contributed by atoms with E-state index in [4.69, 9.17) is 0 Å². The van der Waals surface area contributed by atoms with Gasteiger partial charge in [0.05, 0.1) is 5.56 Å². The second-order valence-corrected chi connectivity index (χ2v) is 9.36. The summed E-state index contributed by atoms with van der Waals surface area (Å²) >= 11 is 0. The van der Waals surface area contributed by atoms with Gasteiger partial charge in [-0.25, -0.2) is 0 Å². The van der Waals surface area contributed by atoms with Crippen molar-refractivity contribution in [2.24, 2.45) is 0 Å². The highest BCUT2D eigenvalue weighted by molar-refractivity contribution is 5.94. The number of amides is 1. The maximum atomic E-state index is 12.7. The van der Waals surface area contributed by atoms with Crippen molar-refractivity contribution in [2.75, 3.05) is 6.54 Å². The zero-order valence-corrected chi connectivity index (χ0v) is 21.2. The molecule has 1 unspecified atom stereocenters. The van der Waals surface area contributed by atoms with Crippen LogP contribution in [0.3, 0.4) is 0 Å². The fourth-order valence-corrected chi connectivity index (χ4v) is 4.04. The van der Waals surface area contributed by atoms with Crippen molar-refractivity contribution in [3.05, 3.63) is 70.8 Å². The molecule has 2 aromatic rings. The summed E-state index contributed by atoms with van der Waals surface area (Å²) in [7, 11) is 0. The first-order valence-corrected chi connectivity index (χ1v) is 13.1. The number of rotatable bonds is 16. The van der Waals surface area contributed by atoms with Gasteiger partial charge in [0.15, 0.2) is 0 Å². The number of carbonyl (C=O) groups is 1. The minimum atomic E-state index is -4.32. The van der Waals surface area contributed by atoms with Crippen molar-refractivity contribution >= 4 is 5.91 Å². The second-order valence-electron chi connectivity index (χ2n) is 9.36. The molecule has 0 saturated carbocycles. The van der Waals surface area contributed by atoms with Crippen molar-refractivity contribution in [1.82, 2.24) is 10.6 Å². The highest BCUT2D eigenvalue weighted by Gasteiger charge is 2.30. The zero-order valence-electron chi connectivity index (χ0n) is 21.2. The highest BCUT2D eigenvalue weighted by atomic mass is 19.4. The van der Waals surface area contributed by atoms with E-state index in [2.05, 4.69) is 17.6 Å². The van der Waals surface area contributed by atoms with Crippen LogP contribution in [0, 0.1) is 0 Å². The van der Waals surface area contributed by atoms with E-state index in [1.165, 1.54) is 63.5 Å². The van der Waals surface area contributed by atoms with Gasteiger partial charge in [-0.05, 0) is 48.7 Å². The monoisotopic (exact) mass is 490 g/mol. The molecule has 35 heavy (non-hydrogen) atoms. The number of carbonyl (C=O) groups excluding carboxylic acids is 1. The lowest BCUT2D eigenvalue weighted by molar-refractivity contribution is -0.137. The Morgan fingerprint density at radius 2 is 1.34 bits per heavy atom. The van der Waals surface area contributed by atoms with E-state index in [1.807, 2.05) is 31.2 Å². The van der Waals surface area contributed by atoms with E-state index in [1.54, 1.807) is 0 Å². The summed E-state index contributed by atoms with van der Waals surface area (Å²) in [6.45, 7) is 5.41. The summed E-state index contributed by atoms with van der Waals surface area (Å²) in [5.41, 5.74) is 1.79. The Labute approximate surface area is 208 Å². The van der Waals surface area contributed by atoms with Crippen LogP contribution in [0.2, 0.25) is 0 Å². The van der Waals surface area contributed by atoms with Crippen molar-refractivity contribution < 1.29 is 18.0 Å². The van der Waals surface area contributed by atoms with Gasteiger partial charge < -0.3 is 10.6 Å². The van der Waals surface area contributed by atoms with Crippen molar-refractivity contribution in [3.63, 3.8) is 0 Å². The third kappa shape index (κ3) is 11.3. The summed E-state index contributed by atoms with van der Waals surface area (Å²) in [6.07, 6.45) is 8.38. The number of halogens is 3. The molecule has 1 atom stereocenters. The molecular weight excluding hydrogens is 449 g/mol. The van der Waals surface area contributed by atoms with Crippen LogP contribution in [0.5, 0.6) is 0 Å². The minimum absolute atomic E-state index is 0.0569. The van der Waals surface area contributed by atoms with Gasteiger partial charge in [0, 0.05) is 24.7 Å². The minimum Gasteiger partial charge on any atom is -0.352 e. The predicted octanol–water partition coefficient (Wildman–Crippen LogP) is 8.21. The quantitative estimate of drug-likeness (QED) is 0.233. The van der Waals surface area contributed by atoms with E-state index in [-0.39, 0.29) is 11.9 Å². The Bertz CT molecular complexity index is 848. The molecule has 0 heterocycles. The maximum absolute atomic E-state index is 12.7. The van der Waals surface area contributed by atoms with Gasteiger partial charge in [-0.1, -0.05) is 89.0 Å². The van der Waals surface area contributed by atoms with Crippen LogP contribution in [0.4, 0.5) is 13.2 Å². The van der Waals surface area contributed by atoms with E-state index in [0.29, 0.717) is 18.7 Å². The van der Waals surface area contributed by atoms with Crippen molar-refractivity contribution in [2.45, 2.75) is 96.8 Å². The molecule has 2 rings (SSSR count). The molecule has 0 aliphatic heterocycles. The lowest BCUT2D eigenvalue weighted by Gasteiger charge is -2.16. The summed E-state index contributed by atoms with van der Waals surface area (Å²) in [5, 5.41) is 6.31. The molecule has 2 N–H and O–H groups in total. The smallest absolute Gasteiger partial charge is 0.352 e. The fraction of sp³-hybridized carbons (Fsp3) is 0.552. The van der Waals surface area contributed by atoms with Gasteiger partial charge in [0.25, 0.3) is 5.91 Å². The Hall–Kier alpha value is -2.34. The maximum Gasteiger partial charge on any atom is 0.416 e. The Morgan fingerprint density at radius 3 is 1.89 bits per heavy atom. The molecule has 194 valence electrons. The highest BCUT2D eigenvalue weighted by Crippen LogP contribution is 2.30. The van der Waals surface area contributed by atoms with E-state index < -0.39 is 11.7 Å². The molecule has 0 aliphatic carbocycles. The van der Waals surface area contributed by atoms with Gasteiger partial charge in [-0.3, -0.25) is 4.79 Å². The van der Waals surface area contributed by atoms with Crippen LogP contribution < -0.4 is 10.6 Å². The van der Waals surface area contributed by atoms with Crippen LogP contribution in [0.1, 0.15) is 111 Å². The van der Waals surface area contributed by atoms with Crippen molar-refractivity contribution in [3.8, 4) is 0 Å². The molecule has 0 bridgehead atoms. The van der Waals surface area contributed by atoms with Gasteiger partial charge >= 0.3 is 6.18 Å². The molecule has 3 nitrogen and oxygen atoms in total. The number of benzene rings is 2. The second kappa shape index (κ2) is 15.6. The SMILES string of the molecule is CCCCCCCCCCCCNC(=O)c1ccc(CNC(C)c2ccc(C(F)(F)F)cc2)cc1. The molecule has 2 aromatic carbocycles. The molecule has 0 aromatic heterocycles. The molecule has 6 heteroatoms. The van der Waals surface area contributed by atoms with Crippen LogP contribution in [-0.4, -0.2) is 12.5 Å². The van der Waals surface area contributed by atoms with Crippen LogP contribution >= 0.6 is 0 Å². The predicted molar refractivity (Wildman–Crippen MR) is 137 cm³/mol. The Morgan fingerprint density at radius 1 is 0.800 bits per heavy atom. The number of alkyl halides is 3. The van der Waals surface area contributed by atoms with Crippen molar-refractivity contribution in [1.29, 1.82) is 0 Å². The first-order valence-electron chi connectivity index (χ1n) is 13.1. The number of hydrogen-bond donors (Lipinski definition) is 2. The van der Waals surface area contributed by atoms with E-state index >= 15 is 0 Å². The van der Waals surface area contributed by atoms with Gasteiger partial charge in [-0.15, -0.1) is 0 Å². The first kappa shape index (κ1) is 28.9. The molecule has 0 fully saturated rings. The van der Waals surface area contributed by atoms with Crippen LogP contribution in [0.15, 0.2) is 48.5 Å². The first-order chi connectivity index (χ1) is 16.8. The molecular formula is C29H41F3N2O. The van der Waals surface area contributed by atoms with Gasteiger partial charge in [0.1, 0.15) is 0 Å². The molecule has 0 radical (unpaired) electrons. The normalized spacial score (nSPS) is 12.5. The number of nitrogens with one attached hydrogen (secondary N) is 2. The summed E-state index contributed by atoms with van der Waals surface area (Å²) < 4.78 is 38.2. The average Bonchev–Trinajstić information content (AvgIpc) is 2.85. The number of unbranched alkanes of at least 4 members (excludes halogenated alkanes) is 9. The standard InChI is InChI=1S/C29H41F3N2O/c1-3-4-5-6-7-8-9-10-11-12-21-33-28(35)26-15-13-24(14-16-26)22-34-23(2)25-17-19-27(20-18-25)29(30,31)32/h13-20,23,34H,3-12,21-22H2,1-2H3,(H,33,35). The molecule has 1 amide bonds. The topological polar surface area (TPSA) is 41.1 Å². The Balaban J connectivity index is 1.62. The Kier molecular flexibility index (Phi) is 12.9. The van der Waals surface area contributed by atoms with E-state index in [0.717, 1.165) is 36.1 Å². The zero-order chi connectivity index (χ0) is 25.5. The molecule has 0 aliphatic rings. The molecule has 0 spiro atoms. The summed E-state index contributed by atoms with van der Waals surface area (Å²) in [4.78, 5) is 12.4. The van der Waals surface area contributed by atoms with Crippen LogP contribution in [0.25, 0.3) is 0 Å². The average molecular weight is 491 g/mol. The number of hydrogen-bond acceptors (Lipinski definition) is 2. The largest absolute Gasteiger partial charge is 0.416 e. The van der Waals surface area contributed by atoms with Gasteiger partial charge in [0.2, 0.25) is 0 Å². The lowest BCUT2D eigenvalue weighted by atomic mass is 10.1. The third-order valence-electron chi connectivity index (χ3n) is 6.38. The van der Waals surface area contributed by atoms with E-state index in [9.17, 15) is 18.0 Å². The molecule has 0 saturated heterocycles. The summed E-state index contributed by atoms with van der Waals surface area (Å²) in [6, 6.07) is 12.6. The third-order valence-corrected chi connectivity index (χ3v) is 6.38. The van der Waals surface area contributed by atoms with Gasteiger partial charge in [-0.2, -0.15) is 13.2 Å².